The van der Waals surface area contributed by atoms with Gasteiger partial charge in [-0.15, -0.1) is 0 Å². The van der Waals surface area contributed by atoms with E-state index in [1.807, 2.05) is 0 Å². The van der Waals surface area contributed by atoms with Crippen LogP contribution in [0.3, 0.4) is 0 Å². The number of rotatable bonds is 5. The van der Waals surface area contributed by atoms with E-state index in [0.29, 0.717) is 0 Å². The van der Waals surface area contributed by atoms with Gasteiger partial charge in [-0.05, 0) is 12.1 Å². The van der Waals surface area contributed by atoms with Crippen LogP contribution < -0.4 is 15.4 Å². The Morgan fingerprint density at radius 1 is 1.38 bits per heavy atom. The average Bonchev–Trinajstić information content (AvgIpc) is 2.86. The SMILES string of the molecule is CCNS(=O)(=O)c1ccccc1NC(=O)C1CNC(=O)C1. The molecule has 0 bridgehead atoms. The number of para-hydroxylation sites is 1. The number of carbonyl (C=O) groups excluding carboxylic acids is 2. The van der Waals surface area contributed by atoms with Gasteiger partial charge in [-0.3, -0.25) is 9.59 Å². The van der Waals surface area contributed by atoms with E-state index in [2.05, 4.69) is 15.4 Å². The third-order valence-corrected chi connectivity index (χ3v) is 4.72. The van der Waals surface area contributed by atoms with Crippen molar-refractivity contribution in [2.24, 2.45) is 5.92 Å². The second-order valence-electron chi connectivity index (χ2n) is 4.69. The molecule has 2 rings (SSSR count). The molecule has 0 radical (unpaired) electrons. The summed E-state index contributed by atoms with van der Waals surface area (Å²) in [7, 11) is -3.67. The number of sulfonamides is 1. The van der Waals surface area contributed by atoms with Crippen LogP contribution in [0.25, 0.3) is 0 Å². The van der Waals surface area contributed by atoms with E-state index in [-0.39, 0.29) is 41.9 Å². The average molecular weight is 311 g/mol. The van der Waals surface area contributed by atoms with Crippen LogP contribution in [0, 0.1) is 5.92 Å². The van der Waals surface area contributed by atoms with E-state index in [9.17, 15) is 18.0 Å². The van der Waals surface area contributed by atoms with Crippen molar-refractivity contribution in [2.45, 2.75) is 18.2 Å². The summed E-state index contributed by atoms with van der Waals surface area (Å²) in [6.45, 7) is 2.20. The summed E-state index contributed by atoms with van der Waals surface area (Å²) in [6.07, 6.45) is 0.119. The number of amides is 2. The monoisotopic (exact) mass is 311 g/mol. The van der Waals surface area contributed by atoms with Crippen molar-refractivity contribution in [3.63, 3.8) is 0 Å². The van der Waals surface area contributed by atoms with Crippen molar-refractivity contribution in [1.82, 2.24) is 10.0 Å². The van der Waals surface area contributed by atoms with Crippen LogP contribution in [-0.4, -0.2) is 33.3 Å². The molecule has 1 aliphatic rings. The molecule has 1 unspecified atom stereocenters. The number of hydrogen-bond acceptors (Lipinski definition) is 4. The minimum absolute atomic E-state index is 0.0116. The normalized spacial score (nSPS) is 18.3. The molecule has 0 spiro atoms. The molecule has 0 aromatic heterocycles. The molecular formula is C13H17N3O4S. The Kier molecular flexibility index (Phi) is 4.59. The van der Waals surface area contributed by atoms with Gasteiger partial charge in [0.2, 0.25) is 21.8 Å². The Labute approximate surface area is 123 Å². The Balaban J connectivity index is 2.21. The lowest BCUT2D eigenvalue weighted by molar-refractivity contribution is -0.123. The Morgan fingerprint density at radius 3 is 2.71 bits per heavy atom. The highest BCUT2D eigenvalue weighted by atomic mass is 32.2. The predicted octanol–water partition coefficient (Wildman–Crippen LogP) is 0.0594. The van der Waals surface area contributed by atoms with Gasteiger partial charge in [0.15, 0.2) is 0 Å². The molecule has 1 heterocycles. The van der Waals surface area contributed by atoms with E-state index in [0.717, 1.165) is 0 Å². The molecular weight excluding hydrogens is 294 g/mol. The largest absolute Gasteiger partial charge is 0.355 e. The van der Waals surface area contributed by atoms with Crippen LogP contribution in [0.2, 0.25) is 0 Å². The van der Waals surface area contributed by atoms with Crippen LogP contribution >= 0.6 is 0 Å². The van der Waals surface area contributed by atoms with Gasteiger partial charge in [0.1, 0.15) is 4.90 Å². The first-order valence-corrected chi connectivity index (χ1v) is 8.08. The lowest BCUT2D eigenvalue weighted by atomic mass is 10.1. The van der Waals surface area contributed by atoms with Crippen molar-refractivity contribution < 1.29 is 18.0 Å². The molecule has 1 saturated heterocycles. The van der Waals surface area contributed by atoms with Crippen molar-refractivity contribution in [1.29, 1.82) is 0 Å². The smallest absolute Gasteiger partial charge is 0.242 e. The fourth-order valence-corrected chi connectivity index (χ4v) is 3.30. The standard InChI is InChI=1S/C13H17N3O4S/c1-2-15-21(19,20)11-6-4-3-5-10(11)16-13(18)9-7-12(17)14-8-9/h3-6,9,15H,2,7-8H2,1H3,(H,14,17)(H,16,18). The zero-order chi connectivity index (χ0) is 15.5. The lowest BCUT2D eigenvalue weighted by Gasteiger charge is -2.13. The fraction of sp³-hybridized carbons (Fsp3) is 0.385. The summed E-state index contributed by atoms with van der Waals surface area (Å²) in [4.78, 5) is 23.2. The lowest BCUT2D eigenvalue weighted by Crippen LogP contribution is -2.28. The molecule has 21 heavy (non-hydrogen) atoms. The quantitative estimate of drug-likeness (QED) is 0.715. The van der Waals surface area contributed by atoms with Crippen LogP contribution in [0.5, 0.6) is 0 Å². The summed E-state index contributed by atoms with van der Waals surface area (Å²) in [5.41, 5.74) is 0.211. The Hall–Kier alpha value is -1.93. The molecule has 1 aromatic rings. The number of nitrogens with one attached hydrogen (secondary N) is 3. The molecule has 2 amide bonds. The molecule has 114 valence electrons. The first kappa shape index (κ1) is 15.5. The van der Waals surface area contributed by atoms with Gasteiger partial charge >= 0.3 is 0 Å². The van der Waals surface area contributed by atoms with Crippen molar-refractivity contribution in [3.05, 3.63) is 24.3 Å². The van der Waals surface area contributed by atoms with Gasteiger partial charge in [-0.25, -0.2) is 13.1 Å². The third kappa shape index (κ3) is 3.59. The molecule has 8 heteroatoms. The van der Waals surface area contributed by atoms with E-state index >= 15 is 0 Å². The molecule has 7 nitrogen and oxygen atoms in total. The first-order valence-electron chi connectivity index (χ1n) is 6.60. The second kappa shape index (κ2) is 6.23. The molecule has 3 N–H and O–H groups in total. The summed E-state index contributed by atoms with van der Waals surface area (Å²) in [6, 6.07) is 6.16. The van der Waals surface area contributed by atoms with Crippen molar-refractivity contribution >= 4 is 27.5 Å². The summed E-state index contributed by atoms with van der Waals surface area (Å²) < 4.78 is 26.5. The fourth-order valence-electron chi connectivity index (χ4n) is 2.10. The van der Waals surface area contributed by atoms with Gasteiger partial charge in [-0.1, -0.05) is 19.1 Å². The number of carbonyl (C=O) groups is 2. The third-order valence-electron chi connectivity index (χ3n) is 3.12. The Morgan fingerprint density at radius 2 is 2.10 bits per heavy atom. The van der Waals surface area contributed by atoms with Crippen LogP contribution in [0.4, 0.5) is 5.69 Å². The maximum Gasteiger partial charge on any atom is 0.242 e. The van der Waals surface area contributed by atoms with Crippen molar-refractivity contribution in [3.8, 4) is 0 Å². The summed E-state index contributed by atoms with van der Waals surface area (Å²) in [5, 5.41) is 5.16. The highest BCUT2D eigenvalue weighted by molar-refractivity contribution is 7.89. The molecule has 0 aliphatic carbocycles. The maximum atomic E-state index is 12.1. The second-order valence-corrected chi connectivity index (χ2v) is 6.43. The van der Waals surface area contributed by atoms with Crippen LogP contribution in [0.15, 0.2) is 29.2 Å². The Bertz CT molecular complexity index is 657. The number of benzene rings is 1. The van der Waals surface area contributed by atoms with Crippen LogP contribution in [-0.2, 0) is 19.6 Å². The summed E-state index contributed by atoms with van der Waals surface area (Å²) >= 11 is 0. The van der Waals surface area contributed by atoms with E-state index < -0.39 is 15.9 Å². The molecule has 1 aromatic carbocycles. The minimum atomic E-state index is -3.67. The van der Waals surface area contributed by atoms with Gasteiger partial charge < -0.3 is 10.6 Å². The van der Waals surface area contributed by atoms with E-state index in [1.165, 1.54) is 12.1 Å². The maximum absolute atomic E-state index is 12.1. The first-order chi connectivity index (χ1) is 9.94. The van der Waals surface area contributed by atoms with Gasteiger partial charge in [0.25, 0.3) is 0 Å². The van der Waals surface area contributed by atoms with Gasteiger partial charge in [0, 0.05) is 19.5 Å². The minimum Gasteiger partial charge on any atom is -0.355 e. The molecule has 1 fully saturated rings. The predicted molar refractivity (Wildman–Crippen MR) is 77.1 cm³/mol. The van der Waals surface area contributed by atoms with Crippen molar-refractivity contribution in [2.75, 3.05) is 18.4 Å². The zero-order valence-electron chi connectivity index (χ0n) is 11.5. The highest BCUT2D eigenvalue weighted by Crippen LogP contribution is 2.22. The summed E-state index contributed by atoms with van der Waals surface area (Å²) in [5.74, 6) is -1.02. The number of anilines is 1. The van der Waals surface area contributed by atoms with Crippen LogP contribution in [0.1, 0.15) is 13.3 Å². The van der Waals surface area contributed by atoms with E-state index in [4.69, 9.17) is 0 Å². The van der Waals surface area contributed by atoms with Gasteiger partial charge in [0.05, 0.1) is 11.6 Å². The van der Waals surface area contributed by atoms with Gasteiger partial charge in [-0.2, -0.15) is 0 Å². The highest BCUT2D eigenvalue weighted by Gasteiger charge is 2.29. The topological polar surface area (TPSA) is 104 Å². The van der Waals surface area contributed by atoms with E-state index in [1.54, 1.807) is 19.1 Å². The molecule has 1 aliphatic heterocycles. The zero-order valence-corrected chi connectivity index (χ0v) is 12.4. The molecule has 1 atom stereocenters. The molecule has 0 saturated carbocycles. The number of hydrogen-bond donors (Lipinski definition) is 3.